The third-order valence-electron chi connectivity index (χ3n) is 2.94. The molecule has 0 aliphatic carbocycles. The number of halogens is 1. The Balaban J connectivity index is 1.86. The summed E-state index contributed by atoms with van der Waals surface area (Å²) in [6.45, 7) is 2.09. The van der Waals surface area contributed by atoms with Crippen molar-refractivity contribution in [2.24, 2.45) is 5.73 Å². The summed E-state index contributed by atoms with van der Waals surface area (Å²) in [4.78, 5) is 14.3. The zero-order valence-corrected chi connectivity index (χ0v) is 13.2. The van der Waals surface area contributed by atoms with E-state index in [1.807, 2.05) is 29.2 Å². The topological polar surface area (TPSA) is 67.6 Å². The lowest BCUT2D eigenvalue weighted by Crippen LogP contribution is -2.49. The number of hydrogen-bond acceptors (Lipinski definition) is 4. The highest BCUT2D eigenvalue weighted by Gasteiger charge is 2.23. The summed E-state index contributed by atoms with van der Waals surface area (Å²) in [5.41, 5.74) is 6.34. The first kappa shape index (κ1) is 15.4. The van der Waals surface area contributed by atoms with Crippen LogP contribution in [0.2, 0.25) is 0 Å². The van der Waals surface area contributed by atoms with Crippen LogP contribution in [0.5, 0.6) is 0 Å². The van der Waals surface area contributed by atoms with Gasteiger partial charge in [0.1, 0.15) is 11.1 Å². The molecule has 1 aliphatic heterocycles. The maximum atomic E-state index is 12.0. The Bertz CT molecular complexity index is 512. The Morgan fingerprint density at radius 1 is 1.60 bits per heavy atom. The molecule has 0 saturated carbocycles. The predicted octanol–water partition coefficient (Wildman–Crippen LogP) is 1.37. The van der Waals surface area contributed by atoms with Crippen molar-refractivity contribution >= 4 is 44.7 Å². The van der Waals surface area contributed by atoms with Gasteiger partial charge in [-0.3, -0.25) is 9.69 Å². The van der Waals surface area contributed by atoms with Gasteiger partial charge < -0.3 is 15.8 Å². The Morgan fingerprint density at radius 2 is 2.40 bits per heavy atom. The van der Waals surface area contributed by atoms with Crippen LogP contribution in [0.1, 0.15) is 0 Å². The minimum absolute atomic E-state index is 0.0633. The van der Waals surface area contributed by atoms with Gasteiger partial charge in [0.05, 0.1) is 13.2 Å². The predicted molar refractivity (Wildman–Crippen MR) is 85.7 cm³/mol. The molecule has 5 nitrogen and oxygen atoms in total. The fourth-order valence-corrected chi connectivity index (χ4v) is 2.53. The van der Waals surface area contributed by atoms with Gasteiger partial charge in [0, 0.05) is 23.2 Å². The molecule has 1 aromatic rings. The van der Waals surface area contributed by atoms with Crippen molar-refractivity contribution in [3.8, 4) is 0 Å². The van der Waals surface area contributed by atoms with E-state index >= 15 is 0 Å². The van der Waals surface area contributed by atoms with Gasteiger partial charge >= 0.3 is 0 Å². The molecule has 1 atom stereocenters. The molecule has 0 radical (unpaired) electrons. The van der Waals surface area contributed by atoms with Crippen LogP contribution >= 0.6 is 28.1 Å². The Morgan fingerprint density at radius 3 is 3.10 bits per heavy atom. The normalized spacial score (nSPS) is 19.6. The average Bonchev–Trinajstić information content (AvgIpc) is 2.38. The van der Waals surface area contributed by atoms with Gasteiger partial charge in [-0.05, 0) is 18.2 Å². The lowest BCUT2D eigenvalue weighted by Gasteiger charge is -2.31. The molecule has 108 valence electrons. The second-order valence-electron chi connectivity index (χ2n) is 4.56. The lowest BCUT2D eigenvalue weighted by molar-refractivity contribution is -0.118. The molecule has 1 fully saturated rings. The number of nitrogens with zero attached hydrogens (tertiary/aromatic N) is 1. The van der Waals surface area contributed by atoms with Gasteiger partial charge in [0.2, 0.25) is 5.91 Å². The highest BCUT2D eigenvalue weighted by molar-refractivity contribution is 9.10. The van der Waals surface area contributed by atoms with Crippen LogP contribution in [-0.2, 0) is 9.53 Å². The smallest absolute Gasteiger partial charge is 0.238 e. The first-order valence-electron chi connectivity index (χ1n) is 6.23. The molecule has 2 rings (SSSR count). The van der Waals surface area contributed by atoms with Crippen LogP contribution in [0.4, 0.5) is 5.69 Å². The largest absolute Gasteiger partial charge is 0.391 e. The molecule has 0 bridgehead atoms. The number of benzene rings is 1. The number of morpholine rings is 1. The Kier molecular flexibility index (Phi) is 5.47. The summed E-state index contributed by atoms with van der Waals surface area (Å²) in [6, 6.07) is 7.48. The van der Waals surface area contributed by atoms with E-state index in [1.165, 1.54) is 0 Å². The number of amides is 1. The van der Waals surface area contributed by atoms with Gasteiger partial charge in [-0.2, -0.15) is 0 Å². The fraction of sp³-hybridized carbons (Fsp3) is 0.385. The van der Waals surface area contributed by atoms with E-state index in [4.69, 9.17) is 22.7 Å². The summed E-state index contributed by atoms with van der Waals surface area (Å²) in [5, 5.41) is 2.86. The first-order chi connectivity index (χ1) is 9.54. The molecule has 0 spiro atoms. The first-order valence-corrected chi connectivity index (χ1v) is 7.43. The molecule has 1 amide bonds. The fourth-order valence-electron chi connectivity index (χ4n) is 1.99. The van der Waals surface area contributed by atoms with Crippen molar-refractivity contribution in [3.63, 3.8) is 0 Å². The molecule has 1 heterocycles. The zero-order chi connectivity index (χ0) is 14.5. The number of rotatable bonds is 4. The molecule has 1 unspecified atom stereocenters. The maximum Gasteiger partial charge on any atom is 0.238 e. The highest BCUT2D eigenvalue weighted by Crippen LogP contribution is 2.15. The van der Waals surface area contributed by atoms with Crippen LogP contribution in [0.15, 0.2) is 28.7 Å². The summed E-state index contributed by atoms with van der Waals surface area (Å²) < 4.78 is 6.37. The molecule has 1 saturated heterocycles. The average molecular weight is 358 g/mol. The number of carbonyl (C=O) groups excluding carboxylic acids is 1. The monoisotopic (exact) mass is 357 g/mol. The number of ether oxygens (including phenoxy) is 1. The molecular formula is C13H16BrN3O2S. The quantitative estimate of drug-likeness (QED) is 0.796. The molecule has 3 N–H and O–H groups in total. The molecule has 1 aromatic carbocycles. The van der Waals surface area contributed by atoms with Crippen molar-refractivity contribution in [2.45, 2.75) is 6.10 Å². The van der Waals surface area contributed by atoms with E-state index < -0.39 is 0 Å². The van der Waals surface area contributed by atoms with Gasteiger partial charge in [0.25, 0.3) is 0 Å². The van der Waals surface area contributed by atoms with E-state index in [9.17, 15) is 4.79 Å². The van der Waals surface area contributed by atoms with Crippen molar-refractivity contribution in [1.82, 2.24) is 4.90 Å². The second-order valence-corrected chi connectivity index (χ2v) is 5.94. The molecule has 20 heavy (non-hydrogen) atoms. The number of nitrogens with two attached hydrogens (primary N) is 1. The van der Waals surface area contributed by atoms with E-state index in [-0.39, 0.29) is 12.0 Å². The number of nitrogens with one attached hydrogen (secondary N) is 1. The van der Waals surface area contributed by atoms with Crippen LogP contribution in [0, 0.1) is 0 Å². The number of anilines is 1. The summed E-state index contributed by atoms with van der Waals surface area (Å²) in [6.07, 6.45) is -0.266. The van der Waals surface area contributed by atoms with Crippen molar-refractivity contribution < 1.29 is 9.53 Å². The molecular weight excluding hydrogens is 342 g/mol. The number of thiocarbonyl (C=S) groups is 1. The van der Waals surface area contributed by atoms with Gasteiger partial charge in [0.15, 0.2) is 0 Å². The van der Waals surface area contributed by atoms with Crippen molar-refractivity contribution in [2.75, 3.05) is 31.6 Å². The molecule has 0 aromatic heterocycles. The Hall–Kier alpha value is -1.02. The zero-order valence-electron chi connectivity index (χ0n) is 10.8. The SMILES string of the molecule is NC(=S)C1CN(CC(=O)Nc2cccc(Br)c2)CCO1. The van der Waals surface area contributed by atoms with Gasteiger partial charge in [-0.15, -0.1) is 0 Å². The van der Waals surface area contributed by atoms with E-state index in [0.29, 0.717) is 31.2 Å². The van der Waals surface area contributed by atoms with Gasteiger partial charge in [-0.1, -0.05) is 34.2 Å². The summed E-state index contributed by atoms with van der Waals surface area (Å²) >= 11 is 8.29. The van der Waals surface area contributed by atoms with E-state index in [0.717, 1.165) is 10.2 Å². The van der Waals surface area contributed by atoms with Crippen molar-refractivity contribution in [3.05, 3.63) is 28.7 Å². The third-order valence-corrected chi connectivity index (χ3v) is 3.70. The number of hydrogen-bond donors (Lipinski definition) is 2. The minimum Gasteiger partial charge on any atom is -0.391 e. The summed E-state index contributed by atoms with van der Waals surface area (Å²) in [5.74, 6) is -0.0633. The van der Waals surface area contributed by atoms with Crippen molar-refractivity contribution in [1.29, 1.82) is 0 Å². The maximum absolute atomic E-state index is 12.0. The Labute approximate surface area is 131 Å². The van der Waals surface area contributed by atoms with Crippen LogP contribution < -0.4 is 11.1 Å². The van der Waals surface area contributed by atoms with Crippen LogP contribution in [0.3, 0.4) is 0 Å². The highest BCUT2D eigenvalue weighted by atomic mass is 79.9. The standard InChI is InChI=1S/C13H16BrN3O2S/c14-9-2-1-3-10(6-9)16-12(18)8-17-4-5-19-11(7-17)13(15)20/h1-3,6,11H,4-5,7-8H2,(H2,15,20)(H,16,18). The minimum atomic E-state index is -0.266. The third kappa shape index (κ3) is 4.52. The van der Waals surface area contributed by atoms with Crippen LogP contribution in [0.25, 0.3) is 0 Å². The van der Waals surface area contributed by atoms with Crippen LogP contribution in [-0.4, -0.2) is 48.1 Å². The number of carbonyl (C=O) groups is 1. The molecule has 7 heteroatoms. The summed E-state index contributed by atoms with van der Waals surface area (Å²) in [7, 11) is 0. The van der Waals surface area contributed by atoms with E-state index in [2.05, 4.69) is 21.2 Å². The lowest BCUT2D eigenvalue weighted by atomic mass is 10.2. The molecule has 1 aliphatic rings. The van der Waals surface area contributed by atoms with E-state index in [1.54, 1.807) is 0 Å². The van der Waals surface area contributed by atoms with Gasteiger partial charge in [-0.25, -0.2) is 0 Å². The second kappa shape index (κ2) is 7.12.